The van der Waals surface area contributed by atoms with Gasteiger partial charge in [-0.1, -0.05) is 23.7 Å². The number of hydrogen-bond donors (Lipinski definition) is 1. The lowest BCUT2D eigenvalue weighted by Crippen LogP contribution is -2.05. The molecule has 0 spiro atoms. The van der Waals surface area contributed by atoms with Crippen LogP contribution < -0.4 is 5.32 Å². The molecule has 0 saturated carbocycles. The van der Waals surface area contributed by atoms with Crippen LogP contribution in [0.3, 0.4) is 0 Å². The maximum atomic E-state index is 13.4. The van der Waals surface area contributed by atoms with Crippen molar-refractivity contribution in [1.29, 1.82) is 0 Å². The van der Waals surface area contributed by atoms with E-state index in [9.17, 15) is 18.9 Å². The summed E-state index contributed by atoms with van der Waals surface area (Å²) >= 11 is 5.73. The summed E-state index contributed by atoms with van der Waals surface area (Å²) in [4.78, 5) is 9.91. The molecule has 0 amide bonds. The summed E-state index contributed by atoms with van der Waals surface area (Å²) in [5.74, 6) is -2.10. The second-order valence-electron chi connectivity index (χ2n) is 4.02. The zero-order chi connectivity index (χ0) is 14.7. The summed E-state index contributed by atoms with van der Waals surface area (Å²) in [5.41, 5.74) is -0.212. The van der Waals surface area contributed by atoms with Crippen LogP contribution in [0.1, 0.15) is 5.56 Å². The molecule has 0 atom stereocenters. The molecule has 7 heteroatoms. The van der Waals surface area contributed by atoms with E-state index in [1.54, 1.807) is 24.3 Å². The predicted molar refractivity (Wildman–Crippen MR) is 71.8 cm³/mol. The number of halogens is 3. The summed E-state index contributed by atoms with van der Waals surface area (Å²) < 4.78 is 26.5. The fraction of sp³-hybridized carbons (Fsp3) is 0.0769. The van der Waals surface area contributed by atoms with E-state index in [4.69, 9.17) is 11.6 Å². The molecule has 0 aliphatic carbocycles. The Morgan fingerprint density at radius 3 is 2.45 bits per heavy atom. The van der Waals surface area contributed by atoms with Crippen molar-refractivity contribution >= 4 is 23.0 Å². The number of benzene rings is 2. The van der Waals surface area contributed by atoms with Gasteiger partial charge in [-0.15, -0.1) is 0 Å². The summed E-state index contributed by atoms with van der Waals surface area (Å²) in [6, 6.07) is 8.08. The molecular formula is C13H9ClF2N2O2. The van der Waals surface area contributed by atoms with Crippen LogP contribution in [-0.2, 0) is 6.54 Å². The number of nitro benzene ring substituents is 1. The van der Waals surface area contributed by atoms with Crippen molar-refractivity contribution in [2.24, 2.45) is 0 Å². The highest BCUT2D eigenvalue weighted by atomic mass is 35.5. The van der Waals surface area contributed by atoms with Gasteiger partial charge in [0.2, 0.25) is 5.82 Å². The second kappa shape index (κ2) is 5.83. The second-order valence-corrected chi connectivity index (χ2v) is 4.46. The SMILES string of the molecule is O=[N+]([O-])c1c(F)cc(F)cc1NCc1ccc(Cl)cc1. The van der Waals surface area contributed by atoms with Gasteiger partial charge in [-0.05, 0) is 17.7 Å². The zero-order valence-corrected chi connectivity index (χ0v) is 10.8. The number of rotatable bonds is 4. The minimum Gasteiger partial charge on any atom is -0.375 e. The number of nitro groups is 1. The highest BCUT2D eigenvalue weighted by Crippen LogP contribution is 2.29. The predicted octanol–water partition coefficient (Wildman–Crippen LogP) is 4.14. The van der Waals surface area contributed by atoms with E-state index >= 15 is 0 Å². The van der Waals surface area contributed by atoms with E-state index in [1.165, 1.54) is 0 Å². The lowest BCUT2D eigenvalue weighted by atomic mass is 10.2. The van der Waals surface area contributed by atoms with Crippen LogP contribution in [0.15, 0.2) is 36.4 Å². The smallest absolute Gasteiger partial charge is 0.327 e. The minimum absolute atomic E-state index is 0.181. The molecule has 0 radical (unpaired) electrons. The third-order valence-electron chi connectivity index (χ3n) is 2.61. The largest absolute Gasteiger partial charge is 0.375 e. The molecule has 0 aliphatic heterocycles. The molecule has 0 fully saturated rings. The molecule has 0 bridgehead atoms. The first-order chi connectivity index (χ1) is 9.47. The Hall–Kier alpha value is -2.21. The highest BCUT2D eigenvalue weighted by molar-refractivity contribution is 6.30. The average Bonchev–Trinajstić information content (AvgIpc) is 2.36. The Morgan fingerprint density at radius 2 is 1.85 bits per heavy atom. The van der Waals surface area contributed by atoms with Crippen LogP contribution in [0.5, 0.6) is 0 Å². The van der Waals surface area contributed by atoms with E-state index in [-0.39, 0.29) is 12.2 Å². The fourth-order valence-electron chi connectivity index (χ4n) is 1.69. The lowest BCUT2D eigenvalue weighted by molar-refractivity contribution is -0.386. The Kier molecular flexibility index (Phi) is 4.14. The zero-order valence-electron chi connectivity index (χ0n) is 10.1. The van der Waals surface area contributed by atoms with Gasteiger partial charge in [0.25, 0.3) is 0 Å². The molecule has 0 unspecified atom stereocenters. The van der Waals surface area contributed by atoms with Crippen molar-refractivity contribution in [3.8, 4) is 0 Å². The van der Waals surface area contributed by atoms with Gasteiger partial charge in [-0.2, -0.15) is 4.39 Å². The molecule has 2 rings (SSSR count). The average molecular weight is 299 g/mol. The molecule has 20 heavy (non-hydrogen) atoms. The van der Waals surface area contributed by atoms with Gasteiger partial charge in [0.1, 0.15) is 11.5 Å². The third-order valence-corrected chi connectivity index (χ3v) is 2.86. The van der Waals surface area contributed by atoms with Crippen molar-refractivity contribution < 1.29 is 13.7 Å². The number of nitrogens with one attached hydrogen (secondary N) is 1. The molecule has 2 aromatic rings. The Bertz CT molecular complexity index is 648. The van der Waals surface area contributed by atoms with Crippen LogP contribution in [0.25, 0.3) is 0 Å². The third kappa shape index (κ3) is 3.21. The molecule has 4 nitrogen and oxygen atoms in total. The van der Waals surface area contributed by atoms with Crippen molar-refractivity contribution in [3.05, 3.63) is 68.7 Å². The first-order valence-corrected chi connectivity index (χ1v) is 5.97. The van der Waals surface area contributed by atoms with Crippen molar-refractivity contribution in [2.75, 3.05) is 5.32 Å². The van der Waals surface area contributed by atoms with Gasteiger partial charge in [0.05, 0.1) is 4.92 Å². The van der Waals surface area contributed by atoms with Crippen molar-refractivity contribution in [2.45, 2.75) is 6.54 Å². The first kappa shape index (κ1) is 14.2. The summed E-state index contributed by atoms with van der Waals surface area (Å²) in [5, 5.41) is 14.0. The minimum atomic E-state index is -1.21. The number of nitrogens with zero attached hydrogens (tertiary/aromatic N) is 1. The maximum Gasteiger partial charge on any atom is 0.327 e. The molecule has 104 valence electrons. The maximum absolute atomic E-state index is 13.4. The van der Waals surface area contributed by atoms with E-state index in [1.807, 2.05) is 0 Å². The quantitative estimate of drug-likeness (QED) is 0.682. The van der Waals surface area contributed by atoms with Gasteiger partial charge in [0, 0.05) is 23.7 Å². The monoisotopic (exact) mass is 298 g/mol. The Balaban J connectivity index is 2.24. The van der Waals surface area contributed by atoms with Crippen LogP contribution >= 0.6 is 11.6 Å². The topological polar surface area (TPSA) is 55.2 Å². The van der Waals surface area contributed by atoms with Crippen molar-refractivity contribution in [1.82, 2.24) is 0 Å². The van der Waals surface area contributed by atoms with E-state index in [0.29, 0.717) is 11.1 Å². The van der Waals surface area contributed by atoms with Crippen LogP contribution in [0, 0.1) is 21.7 Å². The molecule has 0 aromatic heterocycles. The molecule has 0 aliphatic rings. The van der Waals surface area contributed by atoms with E-state index in [2.05, 4.69) is 5.32 Å². The molecule has 2 aromatic carbocycles. The highest BCUT2D eigenvalue weighted by Gasteiger charge is 2.21. The fourth-order valence-corrected chi connectivity index (χ4v) is 1.81. The van der Waals surface area contributed by atoms with Crippen LogP contribution in [-0.4, -0.2) is 4.92 Å². The summed E-state index contributed by atoms with van der Waals surface area (Å²) in [6.07, 6.45) is 0. The van der Waals surface area contributed by atoms with Crippen LogP contribution in [0.4, 0.5) is 20.2 Å². The summed E-state index contributed by atoms with van der Waals surface area (Å²) in [7, 11) is 0. The lowest BCUT2D eigenvalue weighted by Gasteiger charge is -2.08. The Labute approximate surface area is 118 Å². The van der Waals surface area contributed by atoms with E-state index in [0.717, 1.165) is 11.6 Å². The van der Waals surface area contributed by atoms with Gasteiger partial charge < -0.3 is 5.32 Å². The number of hydrogen-bond acceptors (Lipinski definition) is 3. The number of anilines is 1. The molecule has 0 saturated heterocycles. The van der Waals surface area contributed by atoms with Crippen molar-refractivity contribution in [3.63, 3.8) is 0 Å². The Morgan fingerprint density at radius 1 is 1.20 bits per heavy atom. The van der Waals surface area contributed by atoms with Gasteiger partial charge in [-0.3, -0.25) is 10.1 Å². The first-order valence-electron chi connectivity index (χ1n) is 5.59. The van der Waals surface area contributed by atoms with E-state index < -0.39 is 22.2 Å². The summed E-state index contributed by atoms with van der Waals surface area (Å²) in [6.45, 7) is 0.181. The molecule has 1 N–H and O–H groups in total. The van der Waals surface area contributed by atoms with Gasteiger partial charge in [-0.25, -0.2) is 4.39 Å². The molecular weight excluding hydrogens is 290 g/mol. The van der Waals surface area contributed by atoms with Gasteiger partial charge in [0.15, 0.2) is 0 Å². The normalized spacial score (nSPS) is 10.3. The van der Waals surface area contributed by atoms with Crippen LogP contribution in [0.2, 0.25) is 5.02 Å². The molecule has 0 heterocycles. The van der Waals surface area contributed by atoms with Gasteiger partial charge >= 0.3 is 5.69 Å². The standard InChI is InChI=1S/C13H9ClF2N2O2/c14-9-3-1-8(2-4-9)7-17-12-6-10(15)5-11(16)13(12)18(19)20/h1-6,17H,7H2.